The molecule has 158 valence electrons. The van der Waals surface area contributed by atoms with E-state index in [-0.39, 0.29) is 5.75 Å². The Labute approximate surface area is 172 Å². The van der Waals surface area contributed by atoms with Crippen molar-refractivity contribution >= 4 is 5.96 Å². The zero-order valence-corrected chi connectivity index (χ0v) is 17.6. The molecule has 0 saturated heterocycles. The maximum absolute atomic E-state index is 9.99. The lowest BCUT2D eigenvalue weighted by Gasteiger charge is -2.14. The second-order valence-electron chi connectivity index (χ2n) is 6.24. The van der Waals surface area contributed by atoms with E-state index in [1.165, 1.54) is 0 Å². The van der Waals surface area contributed by atoms with Crippen LogP contribution in [-0.2, 0) is 13.0 Å². The fourth-order valence-corrected chi connectivity index (χ4v) is 2.81. The molecule has 2 rings (SSSR count). The Balaban J connectivity index is 1.89. The standard InChI is InChI=1S/C22H31N3O4/c1-5-28-20-10-7-16(13-21(20)29-6-2)11-12-24-22(23-3)25-15-17-14-18(27-4)8-9-19(17)26/h7-10,13-14,26H,5-6,11-12,15H2,1-4H3,(H2,23,24,25). The first-order chi connectivity index (χ1) is 14.1. The summed E-state index contributed by atoms with van der Waals surface area (Å²) in [4.78, 5) is 4.23. The highest BCUT2D eigenvalue weighted by Crippen LogP contribution is 2.28. The molecule has 7 heteroatoms. The zero-order chi connectivity index (χ0) is 21.1. The van der Waals surface area contributed by atoms with Gasteiger partial charge in [0.1, 0.15) is 11.5 Å². The van der Waals surface area contributed by atoms with E-state index in [0.29, 0.717) is 38.0 Å². The Morgan fingerprint density at radius 1 is 1.00 bits per heavy atom. The molecule has 7 nitrogen and oxygen atoms in total. The summed E-state index contributed by atoms with van der Waals surface area (Å²) in [5.41, 5.74) is 1.88. The van der Waals surface area contributed by atoms with Gasteiger partial charge in [-0.1, -0.05) is 6.07 Å². The van der Waals surface area contributed by atoms with Gasteiger partial charge >= 0.3 is 0 Å². The first kappa shape index (κ1) is 22.2. The summed E-state index contributed by atoms with van der Waals surface area (Å²) in [5.74, 6) is 3.10. The van der Waals surface area contributed by atoms with Gasteiger partial charge in [-0.2, -0.15) is 0 Å². The van der Waals surface area contributed by atoms with Gasteiger partial charge in [-0.05, 0) is 56.2 Å². The molecular formula is C22H31N3O4. The number of aromatic hydroxyl groups is 1. The van der Waals surface area contributed by atoms with Gasteiger partial charge in [0.15, 0.2) is 17.5 Å². The van der Waals surface area contributed by atoms with Gasteiger partial charge in [0.25, 0.3) is 0 Å². The number of hydrogen-bond donors (Lipinski definition) is 3. The van der Waals surface area contributed by atoms with Gasteiger partial charge in [0, 0.05) is 25.7 Å². The van der Waals surface area contributed by atoms with E-state index < -0.39 is 0 Å². The highest BCUT2D eigenvalue weighted by Gasteiger charge is 2.07. The Kier molecular flexibility index (Phi) is 8.95. The van der Waals surface area contributed by atoms with E-state index in [4.69, 9.17) is 14.2 Å². The first-order valence-electron chi connectivity index (χ1n) is 9.80. The number of nitrogens with zero attached hydrogens (tertiary/aromatic N) is 1. The lowest BCUT2D eigenvalue weighted by Crippen LogP contribution is -2.37. The smallest absolute Gasteiger partial charge is 0.191 e. The van der Waals surface area contributed by atoms with Gasteiger partial charge < -0.3 is 30.0 Å². The normalized spacial score (nSPS) is 11.1. The van der Waals surface area contributed by atoms with E-state index in [0.717, 1.165) is 29.0 Å². The van der Waals surface area contributed by atoms with E-state index in [1.54, 1.807) is 32.4 Å². The van der Waals surface area contributed by atoms with Crippen LogP contribution in [0.2, 0.25) is 0 Å². The predicted octanol–water partition coefficient (Wildman–Crippen LogP) is 3.11. The molecule has 0 spiro atoms. The topological polar surface area (TPSA) is 84.3 Å². The highest BCUT2D eigenvalue weighted by molar-refractivity contribution is 5.79. The molecule has 0 amide bonds. The summed E-state index contributed by atoms with van der Waals surface area (Å²) in [6.07, 6.45) is 0.803. The van der Waals surface area contributed by atoms with E-state index in [2.05, 4.69) is 15.6 Å². The maximum atomic E-state index is 9.99. The molecule has 0 heterocycles. The molecule has 0 aliphatic rings. The van der Waals surface area contributed by atoms with Crippen LogP contribution < -0.4 is 24.8 Å². The van der Waals surface area contributed by atoms with Crippen molar-refractivity contribution < 1.29 is 19.3 Å². The van der Waals surface area contributed by atoms with Crippen LogP contribution >= 0.6 is 0 Å². The average molecular weight is 402 g/mol. The number of guanidine groups is 1. The molecule has 0 aromatic heterocycles. The molecular weight excluding hydrogens is 370 g/mol. The van der Waals surface area contributed by atoms with Crippen LogP contribution in [0.15, 0.2) is 41.4 Å². The van der Waals surface area contributed by atoms with Crippen molar-refractivity contribution in [1.82, 2.24) is 10.6 Å². The number of aliphatic imine (C=N–C) groups is 1. The van der Waals surface area contributed by atoms with Crippen LogP contribution in [0.5, 0.6) is 23.0 Å². The van der Waals surface area contributed by atoms with Gasteiger partial charge in [-0.15, -0.1) is 0 Å². The van der Waals surface area contributed by atoms with Crippen molar-refractivity contribution in [3.05, 3.63) is 47.5 Å². The van der Waals surface area contributed by atoms with E-state index in [9.17, 15) is 5.11 Å². The molecule has 29 heavy (non-hydrogen) atoms. The SMILES string of the molecule is CCOc1ccc(CCNC(=NC)NCc2cc(OC)ccc2O)cc1OCC. The quantitative estimate of drug-likeness (QED) is 0.419. The molecule has 0 saturated carbocycles. The third-order valence-electron chi connectivity index (χ3n) is 4.27. The summed E-state index contributed by atoms with van der Waals surface area (Å²) >= 11 is 0. The number of phenols is 1. The largest absolute Gasteiger partial charge is 0.508 e. The number of nitrogens with one attached hydrogen (secondary N) is 2. The second-order valence-corrected chi connectivity index (χ2v) is 6.24. The molecule has 2 aromatic carbocycles. The molecule has 2 aromatic rings. The lowest BCUT2D eigenvalue weighted by molar-refractivity contribution is 0.287. The van der Waals surface area contributed by atoms with Crippen LogP contribution in [0, 0.1) is 0 Å². The second kappa shape index (κ2) is 11.7. The number of benzene rings is 2. The fraction of sp³-hybridized carbons (Fsp3) is 0.409. The zero-order valence-electron chi connectivity index (χ0n) is 17.6. The van der Waals surface area contributed by atoms with Crippen LogP contribution in [-0.4, -0.2) is 45.0 Å². The van der Waals surface area contributed by atoms with Crippen LogP contribution in [0.4, 0.5) is 0 Å². The summed E-state index contributed by atoms with van der Waals surface area (Å²) in [6, 6.07) is 11.1. The molecule has 3 N–H and O–H groups in total. The van der Waals surface area contributed by atoms with Crippen molar-refractivity contribution in [2.24, 2.45) is 4.99 Å². The van der Waals surface area contributed by atoms with Gasteiger partial charge in [0.05, 0.1) is 20.3 Å². The Hall–Kier alpha value is -3.09. The Morgan fingerprint density at radius 2 is 1.76 bits per heavy atom. The van der Waals surface area contributed by atoms with E-state index in [1.807, 2.05) is 32.0 Å². The van der Waals surface area contributed by atoms with Crippen molar-refractivity contribution in [2.45, 2.75) is 26.8 Å². The van der Waals surface area contributed by atoms with Gasteiger partial charge in [0.2, 0.25) is 0 Å². The fourth-order valence-electron chi connectivity index (χ4n) is 2.81. The van der Waals surface area contributed by atoms with Crippen LogP contribution in [0.25, 0.3) is 0 Å². The minimum absolute atomic E-state index is 0.214. The predicted molar refractivity (Wildman–Crippen MR) is 115 cm³/mol. The molecule has 0 bridgehead atoms. The minimum Gasteiger partial charge on any atom is -0.508 e. The Bertz CT molecular complexity index is 809. The van der Waals surface area contributed by atoms with Gasteiger partial charge in [-0.25, -0.2) is 0 Å². The third kappa shape index (κ3) is 6.78. The lowest BCUT2D eigenvalue weighted by atomic mass is 10.1. The van der Waals surface area contributed by atoms with Crippen molar-refractivity contribution in [2.75, 3.05) is 33.9 Å². The van der Waals surface area contributed by atoms with Crippen molar-refractivity contribution in [1.29, 1.82) is 0 Å². The summed E-state index contributed by atoms with van der Waals surface area (Å²) in [6.45, 7) is 6.24. The molecule has 0 atom stereocenters. The molecule has 0 aliphatic carbocycles. The molecule has 0 aliphatic heterocycles. The van der Waals surface area contributed by atoms with E-state index >= 15 is 0 Å². The molecule has 0 unspecified atom stereocenters. The number of methoxy groups -OCH3 is 1. The summed E-state index contributed by atoms with van der Waals surface area (Å²) < 4.78 is 16.5. The number of hydrogen-bond acceptors (Lipinski definition) is 5. The first-order valence-corrected chi connectivity index (χ1v) is 9.80. The summed E-state index contributed by atoms with van der Waals surface area (Å²) in [7, 11) is 3.31. The third-order valence-corrected chi connectivity index (χ3v) is 4.27. The molecule has 0 fully saturated rings. The number of phenolic OH excluding ortho intramolecular Hbond substituents is 1. The highest BCUT2D eigenvalue weighted by atomic mass is 16.5. The molecule has 0 radical (unpaired) electrons. The van der Waals surface area contributed by atoms with Crippen molar-refractivity contribution in [3.8, 4) is 23.0 Å². The number of rotatable bonds is 10. The summed E-state index contributed by atoms with van der Waals surface area (Å²) in [5, 5.41) is 16.5. The average Bonchev–Trinajstić information content (AvgIpc) is 2.73. The number of ether oxygens (including phenoxy) is 3. The van der Waals surface area contributed by atoms with Crippen LogP contribution in [0.3, 0.4) is 0 Å². The minimum atomic E-state index is 0.214. The monoisotopic (exact) mass is 401 g/mol. The van der Waals surface area contributed by atoms with Crippen LogP contribution in [0.1, 0.15) is 25.0 Å². The maximum Gasteiger partial charge on any atom is 0.191 e. The van der Waals surface area contributed by atoms with Gasteiger partial charge in [-0.3, -0.25) is 4.99 Å². The Morgan fingerprint density at radius 3 is 2.45 bits per heavy atom. The van der Waals surface area contributed by atoms with Crippen molar-refractivity contribution in [3.63, 3.8) is 0 Å².